The van der Waals surface area contributed by atoms with Crippen LogP contribution in [0.4, 0.5) is 11.8 Å². The number of nitrogen functional groups attached to an aromatic ring is 1. The third kappa shape index (κ3) is 6.35. The van der Waals surface area contributed by atoms with Crippen LogP contribution in [0, 0.1) is 5.92 Å². The Bertz CT molecular complexity index is 1040. The van der Waals surface area contributed by atoms with Crippen LogP contribution in [0.5, 0.6) is 0 Å². The Morgan fingerprint density at radius 1 is 1.22 bits per heavy atom. The molecule has 3 rings (SSSR count). The summed E-state index contributed by atoms with van der Waals surface area (Å²) >= 11 is 0. The molecule has 8 heteroatoms. The van der Waals surface area contributed by atoms with Crippen LogP contribution in [0.15, 0.2) is 43.1 Å². The molecule has 0 fully saturated rings. The smallest absolute Gasteiger partial charge is 0.228 e. The number of unbranched alkanes of at least 4 members (excludes halogenated alkanes) is 1. The lowest BCUT2D eigenvalue weighted by Crippen LogP contribution is -2.15. The maximum atomic E-state index is 6.03. The number of aryl methyl sites for hydroxylation is 1. The molecule has 1 aromatic carbocycles. The topological polar surface area (TPSA) is 94.1 Å². The standard InChI is InChI=1S/C24H35N7O/c1-17(2)13-19-9-8-10-20(14-19)15-26-18(3)32-12-7-6-11-31-16-27-21-22(25)28-24(30(4)5)29-23(21)31/h8-10,14,16-17,26H,3,6-7,11-13,15H2,1-2,4-5H3,(H2,25,28,29). The Labute approximate surface area is 190 Å². The number of anilines is 2. The van der Waals surface area contributed by atoms with Crippen LogP contribution in [-0.2, 0) is 24.2 Å². The van der Waals surface area contributed by atoms with Crippen molar-refractivity contribution in [2.24, 2.45) is 5.92 Å². The first-order chi connectivity index (χ1) is 15.3. The zero-order valence-corrected chi connectivity index (χ0v) is 19.6. The lowest BCUT2D eigenvalue weighted by molar-refractivity contribution is 0.185. The van der Waals surface area contributed by atoms with Gasteiger partial charge in [0, 0.05) is 27.2 Å². The Morgan fingerprint density at radius 3 is 2.75 bits per heavy atom. The van der Waals surface area contributed by atoms with Crippen molar-refractivity contribution in [1.29, 1.82) is 0 Å². The van der Waals surface area contributed by atoms with Crippen LogP contribution in [0.25, 0.3) is 11.2 Å². The van der Waals surface area contributed by atoms with E-state index in [-0.39, 0.29) is 0 Å². The number of nitrogens with zero attached hydrogens (tertiary/aromatic N) is 5. The molecule has 0 aliphatic heterocycles. The van der Waals surface area contributed by atoms with Gasteiger partial charge in [0.15, 0.2) is 17.3 Å². The lowest BCUT2D eigenvalue weighted by Gasteiger charge is -2.13. The third-order valence-electron chi connectivity index (χ3n) is 5.07. The van der Waals surface area contributed by atoms with Gasteiger partial charge in [-0.15, -0.1) is 0 Å². The summed E-state index contributed by atoms with van der Waals surface area (Å²) in [6, 6.07) is 8.66. The molecule has 2 aromatic heterocycles. The van der Waals surface area contributed by atoms with E-state index in [4.69, 9.17) is 10.5 Å². The molecule has 2 heterocycles. The van der Waals surface area contributed by atoms with Gasteiger partial charge in [-0.2, -0.15) is 9.97 Å². The highest BCUT2D eigenvalue weighted by atomic mass is 16.5. The maximum Gasteiger partial charge on any atom is 0.228 e. The second-order valence-corrected chi connectivity index (χ2v) is 8.66. The molecule has 0 bridgehead atoms. The van der Waals surface area contributed by atoms with Crippen molar-refractivity contribution < 1.29 is 4.74 Å². The average Bonchev–Trinajstić information content (AvgIpc) is 3.15. The molecule has 172 valence electrons. The second kappa shape index (κ2) is 10.8. The summed E-state index contributed by atoms with van der Waals surface area (Å²) in [6.45, 7) is 10.5. The molecule has 8 nitrogen and oxygen atoms in total. The molecule has 32 heavy (non-hydrogen) atoms. The number of hydrogen-bond acceptors (Lipinski definition) is 7. The lowest BCUT2D eigenvalue weighted by atomic mass is 10.0. The van der Waals surface area contributed by atoms with E-state index in [0.717, 1.165) is 31.5 Å². The first kappa shape index (κ1) is 23.4. The van der Waals surface area contributed by atoms with Gasteiger partial charge in [-0.25, -0.2) is 4.98 Å². The Morgan fingerprint density at radius 2 is 2.00 bits per heavy atom. The number of aromatic nitrogens is 4. The predicted molar refractivity (Wildman–Crippen MR) is 130 cm³/mol. The molecule has 0 spiro atoms. The minimum atomic E-state index is 0.401. The predicted octanol–water partition coefficient (Wildman–Crippen LogP) is 3.73. The molecule has 0 saturated carbocycles. The van der Waals surface area contributed by atoms with Gasteiger partial charge in [-0.05, 0) is 42.9 Å². The third-order valence-corrected chi connectivity index (χ3v) is 5.07. The summed E-state index contributed by atoms with van der Waals surface area (Å²) in [4.78, 5) is 15.1. The van der Waals surface area contributed by atoms with Crippen molar-refractivity contribution >= 4 is 22.9 Å². The van der Waals surface area contributed by atoms with Gasteiger partial charge >= 0.3 is 0 Å². The van der Waals surface area contributed by atoms with Crippen molar-refractivity contribution in [1.82, 2.24) is 24.8 Å². The van der Waals surface area contributed by atoms with Crippen LogP contribution in [0.2, 0.25) is 0 Å². The molecule has 0 unspecified atom stereocenters. The number of benzene rings is 1. The van der Waals surface area contributed by atoms with Crippen LogP contribution >= 0.6 is 0 Å². The highest BCUT2D eigenvalue weighted by Gasteiger charge is 2.12. The summed E-state index contributed by atoms with van der Waals surface area (Å²) in [6.07, 6.45) is 4.68. The van der Waals surface area contributed by atoms with E-state index >= 15 is 0 Å². The molecule has 0 aliphatic rings. The Kier molecular flexibility index (Phi) is 7.92. The number of rotatable bonds is 12. The monoisotopic (exact) mass is 437 g/mol. The second-order valence-electron chi connectivity index (χ2n) is 8.66. The summed E-state index contributed by atoms with van der Waals surface area (Å²) in [7, 11) is 3.78. The van der Waals surface area contributed by atoms with E-state index in [0.29, 0.717) is 42.2 Å². The number of imidazole rings is 1. The normalized spacial score (nSPS) is 11.2. The van der Waals surface area contributed by atoms with Crippen LogP contribution in [0.1, 0.15) is 37.8 Å². The number of fused-ring (bicyclic) bond motifs is 1. The summed E-state index contributed by atoms with van der Waals surface area (Å²) in [5.41, 5.74) is 10.0. The fourth-order valence-corrected chi connectivity index (χ4v) is 3.49. The van der Waals surface area contributed by atoms with Crippen LogP contribution in [-0.4, -0.2) is 40.2 Å². The first-order valence-electron chi connectivity index (χ1n) is 11.1. The van der Waals surface area contributed by atoms with Crippen LogP contribution in [0.3, 0.4) is 0 Å². The van der Waals surface area contributed by atoms with Gasteiger partial charge in [0.1, 0.15) is 5.52 Å². The Balaban J connectivity index is 1.41. The zero-order valence-electron chi connectivity index (χ0n) is 19.6. The van der Waals surface area contributed by atoms with Crippen molar-refractivity contribution in [2.45, 2.75) is 46.2 Å². The fourth-order valence-electron chi connectivity index (χ4n) is 3.49. The molecular formula is C24H35N7O. The van der Waals surface area contributed by atoms with Gasteiger partial charge < -0.3 is 25.3 Å². The molecule has 3 aromatic rings. The molecule has 3 N–H and O–H groups in total. The van der Waals surface area contributed by atoms with E-state index in [1.807, 2.05) is 23.6 Å². The van der Waals surface area contributed by atoms with Crippen molar-refractivity contribution in [3.05, 3.63) is 54.2 Å². The SMILES string of the molecule is C=C(NCc1cccc(CC(C)C)c1)OCCCCn1cnc2c(N)nc(N(C)C)nc21. The first-order valence-corrected chi connectivity index (χ1v) is 11.1. The number of hydrogen-bond donors (Lipinski definition) is 2. The van der Waals surface area contributed by atoms with Gasteiger partial charge in [-0.1, -0.05) is 38.1 Å². The molecule has 0 radical (unpaired) electrons. The van der Waals surface area contributed by atoms with E-state index in [2.05, 4.69) is 65.0 Å². The molecular weight excluding hydrogens is 402 g/mol. The molecule has 0 amide bonds. The average molecular weight is 438 g/mol. The summed E-state index contributed by atoms with van der Waals surface area (Å²) in [5.74, 6) is 2.23. The van der Waals surface area contributed by atoms with Crippen molar-refractivity contribution in [3.63, 3.8) is 0 Å². The highest BCUT2D eigenvalue weighted by Crippen LogP contribution is 2.19. The van der Waals surface area contributed by atoms with Crippen molar-refractivity contribution in [2.75, 3.05) is 31.3 Å². The van der Waals surface area contributed by atoms with Gasteiger partial charge in [-0.3, -0.25) is 0 Å². The molecule has 0 atom stereocenters. The van der Waals surface area contributed by atoms with Gasteiger partial charge in [0.25, 0.3) is 0 Å². The van der Waals surface area contributed by atoms with Crippen LogP contribution < -0.4 is 16.0 Å². The molecule has 0 aliphatic carbocycles. The number of nitrogens with two attached hydrogens (primary N) is 1. The van der Waals surface area contributed by atoms with Gasteiger partial charge in [0.05, 0.1) is 12.9 Å². The quantitative estimate of drug-likeness (QED) is 0.329. The van der Waals surface area contributed by atoms with E-state index in [1.165, 1.54) is 11.1 Å². The number of ether oxygens (including phenoxy) is 1. The van der Waals surface area contributed by atoms with Gasteiger partial charge in [0.2, 0.25) is 5.95 Å². The Hall–Kier alpha value is -3.29. The van der Waals surface area contributed by atoms with Crippen molar-refractivity contribution in [3.8, 4) is 0 Å². The molecule has 0 saturated heterocycles. The fraction of sp³-hybridized carbons (Fsp3) is 0.458. The minimum absolute atomic E-state index is 0.401. The minimum Gasteiger partial charge on any atom is -0.480 e. The van der Waals surface area contributed by atoms with E-state index < -0.39 is 0 Å². The largest absolute Gasteiger partial charge is 0.480 e. The van der Waals surface area contributed by atoms with E-state index in [1.54, 1.807) is 6.33 Å². The maximum absolute atomic E-state index is 6.03. The zero-order chi connectivity index (χ0) is 23.1. The number of nitrogens with one attached hydrogen (secondary N) is 1. The summed E-state index contributed by atoms with van der Waals surface area (Å²) in [5, 5.41) is 3.26. The van der Waals surface area contributed by atoms with E-state index in [9.17, 15) is 0 Å². The highest BCUT2D eigenvalue weighted by molar-refractivity contribution is 5.82. The summed E-state index contributed by atoms with van der Waals surface area (Å²) < 4.78 is 7.76.